The first-order valence-corrected chi connectivity index (χ1v) is 21.5. The van der Waals surface area contributed by atoms with Crippen LogP contribution in [0, 0.1) is 0 Å². The van der Waals surface area contributed by atoms with Crippen molar-refractivity contribution in [3.05, 3.63) is 127 Å². The molecule has 2 aromatic heterocycles. The maximum absolute atomic E-state index is 2.63. The predicted octanol–water partition coefficient (Wildman–Crippen LogP) is 16.3. The molecule has 3 aromatic carbocycles. The highest BCUT2D eigenvalue weighted by Gasteiger charge is 2.42. The Morgan fingerprint density at radius 1 is 0.549 bits per heavy atom. The van der Waals surface area contributed by atoms with E-state index in [9.17, 15) is 0 Å². The first kappa shape index (κ1) is 37.3. The molecule has 266 valence electrons. The summed E-state index contributed by atoms with van der Waals surface area (Å²) in [5, 5.41) is 4.33. The summed E-state index contributed by atoms with van der Waals surface area (Å²) in [6.07, 6.45) is 22.2. The molecule has 5 aromatic rings. The van der Waals surface area contributed by atoms with E-state index in [1.807, 2.05) is 0 Å². The fourth-order valence-corrected chi connectivity index (χ4v) is 9.45. The summed E-state index contributed by atoms with van der Waals surface area (Å²) in [6.45, 7) is 14.0. The third kappa shape index (κ3) is 8.45. The molecule has 0 fully saturated rings. The van der Waals surface area contributed by atoms with Crippen molar-refractivity contribution in [2.75, 3.05) is 0 Å². The summed E-state index contributed by atoms with van der Waals surface area (Å²) >= 11 is 3.60. The molecule has 6 rings (SSSR count). The standard InChI is InChI=1S/C49H58S2/c1-7-9-11-13-27-49(28-14-12-10-8-2)47-33-37(35(3)4)21-25-43(47)44-26-22-40(34-48(44)49)46-32-38(19-23-41-17-15-29-50-41)45(36(5)6)31-39(46)20-24-42-18-16-30-51-42/h15-26,29-36H,7-14,27-28H2,1-6H3/b23-19+,24-20+. The van der Waals surface area contributed by atoms with Gasteiger partial charge in [-0.25, -0.2) is 0 Å². The minimum absolute atomic E-state index is 0.0554. The van der Waals surface area contributed by atoms with Crippen LogP contribution in [0.5, 0.6) is 0 Å². The van der Waals surface area contributed by atoms with Crippen LogP contribution in [0.1, 0.15) is 161 Å². The average Bonchev–Trinajstić information content (AvgIpc) is 3.91. The van der Waals surface area contributed by atoms with Crippen LogP contribution >= 0.6 is 22.7 Å². The highest BCUT2D eigenvalue weighted by molar-refractivity contribution is 7.11. The monoisotopic (exact) mass is 710 g/mol. The van der Waals surface area contributed by atoms with Crippen molar-refractivity contribution in [1.82, 2.24) is 0 Å². The Hall–Kier alpha value is -3.46. The fraction of sp³-hybridized carbons (Fsp3) is 0.388. The van der Waals surface area contributed by atoms with Crippen molar-refractivity contribution in [3.8, 4) is 22.3 Å². The Morgan fingerprint density at radius 3 is 1.69 bits per heavy atom. The molecule has 0 nitrogen and oxygen atoms in total. The van der Waals surface area contributed by atoms with Gasteiger partial charge in [-0.1, -0.05) is 154 Å². The van der Waals surface area contributed by atoms with E-state index < -0.39 is 0 Å². The minimum Gasteiger partial charge on any atom is -0.144 e. The molecular weight excluding hydrogens is 653 g/mol. The van der Waals surface area contributed by atoms with Crippen molar-refractivity contribution >= 4 is 47.0 Å². The van der Waals surface area contributed by atoms with Crippen molar-refractivity contribution in [1.29, 1.82) is 0 Å². The van der Waals surface area contributed by atoms with E-state index in [2.05, 4.69) is 149 Å². The van der Waals surface area contributed by atoms with Crippen molar-refractivity contribution in [2.24, 2.45) is 0 Å². The molecule has 2 heterocycles. The molecule has 0 radical (unpaired) electrons. The number of hydrogen-bond acceptors (Lipinski definition) is 2. The lowest BCUT2D eigenvalue weighted by molar-refractivity contribution is 0.400. The van der Waals surface area contributed by atoms with E-state index in [0.29, 0.717) is 11.8 Å². The summed E-state index contributed by atoms with van der Waals surface area (Å²) < 4.78 is 0. The molecule has 0 spiro atoms. The zero-order valence-corrected chi connectivity index (χ0v) is 33.6. The summed E-state index contributed by atoms with van der Waals surface area (Å²) in [5.74, 6) is 0.935. The van der Waals surface area contributed by atoms with E-state index in [4.69, 9.17) is 0 Å². The smallest absolute Gasteiger partial charge is 0.0270 e. The third-order valence-electron chi connectivity index (χ3n) is 11.1. The summed E-state index contributed by atoms with van der Waals surface area (Å²) in [5.41, 5.74) is 14.3. The minimum atomic E-state index is 0.0554. The van der Waals surface area contributed by atoms with Crippen LogP contribution in [-0.4, -0.2) is 0 Å². The van der Waals surface area contributed by atoms with E-state index in [0.717, 1.165) is 0 Å². The number of benzene rings is 3. The van der Waals surface area contributed by atoms with Gasteiger partial charge in [0.1, 0.15) is 0 Å². The van der Waals surface area contributed by atoms with Gasteiger partial charge in [0.05, 0.1) is 0 Å². The number of hydrogen-bond donors (Lipinski definition) is 0. The second kappa shape index (κ2) is 17.4. The van der Waals surface area contributed by atoms with Crippen LogP contribution in [0.25, 0.3) is 46.6 Å². The van der Waals surface area contributed by atoms with Gasteiger partial charge in [-0.05, 0) is 127 Å². The maximum atomic E-state index is 2.63. The first-order valence-electron chi connectivity index (χ1n) is 19.8. The molecular formula is C49H58S2. The predicted molar refractivity (Wildman–Crippen MR) is 230 cm³/mol. The summed E-state index contributed by atoms with van der Waals surface area (Å²) in [6, 6.07) is 28.7. The molecule has 0 bridgehead atoms. The molecule has 0 aliphatic heterocycles. The van der Waals surface area contributed by atoms with E-state index >= 15 is 0 Å². The van der Waals surface area contributed by atoms with Crippen LogP contribution in [-0.2, 0) is 5.41 Å². The SMILES string of the molecule is CCCCCCC1(CCCCCC)c2cc(-c3cc(/C=C/c4cccs4)c(C(C)C)cc3/C=C/c3cccs3)ccc2-c2ccc(C(C)C)cc21. The van der Waals surface area contributed by atoms with E-state index in [1.54, 1.807) is 33.8 Å². The summed E-state index contributed by atoms with van der Waals surface area (Å²) in [4.78, 5) is 2.58. The van der Waals surface area contributed by atoms with Gasteiger partial charge in [-0.3, -0.25) is 0 Å². The van der Waals surface area contributed by atoms with Gasteiger partial charge >= 0.3 is 0 Å². The molecule has 0 N–H and O–H groups in total. The van der Waals surface area contributed by atoms with Crippen LogP contribution in [0.2, 0.25) is 0 Å². The van der Waals surface area contributed by atoms with Crippen LogP contribution in [0.3, 0.4) is 0 Å². The molecule has 0 atom stereocenters. The molecule has 1 aliphatic carbocycles. The zero-order valence-electron chi connectivity index (χ0n) is 31.9. The molecule has 0 saturated heterocycles. The van der Waals surface area contributed by atoms with Gasteiger partial charge < -0.3 is 0 Å². The number of thiophene rings is 2. The molecule has 0 amide bonds. The quantitative estimate of drug-likeness (QED) is 0.0843. The Bertz CT molecular complexity index is 1900. The van der Waals surface area contributed by atoms with Gasteiger partial charge in [-0.2, -0.15) is 0 Å². The van der Waals surface area contributed by atoms with Crippen molar-refractivity contribution in [3.63, 3.8) is 0 Å². The van der Waals surface area contributed by atoms with Crippen LogP contribution in [0.15, 0.2) is 83.6 Å². The van der Waals surface area contributed by atoms with E-state index in [1.165, 1.54) is 118 Å². The second-order valence-electron chi connectivity index (χ2n) is 15.3. The highest BCUT2D eigenvalue weighted by Crippen LogP contribution is 2.55. The van der Waals surface area contributed by atoms with Gasteiger partial charge in [0.2, 0.25) is 0 Å². The Labute approximate surface area is 317 Å². The molecule has 1 aliphatic rings. The molecule has 2 heteroatoms. The average molecular weight is 711 g/mol. The lowest BCUT2D eigenvalue weighted by Gasteiger charge is -2.34. The Kier molecular flexibility index (Phi) is 12.7. The third-order valence-corrected chi connectivity index (χ3v) is 12.8. The largest absolute Gasteiger partial charge is 0.144 e. The maximum Gasteiger partial charge on any atom is 0.0270 e. The highest BCUT2D eigenvalue weighted by atomic mass is 32.1. The van der Waals surface area contributed by atoms with Crippen LogP contribution in [0.4, 0.5) is 0 Å². The lowest BCUT2D eigenvalue weighted by Crippen LogP contribution is -2.26. The molecule has 0 saturated carbocycles. The Balaban J connectivity index is 1.54. The number of fused-ring (bicyclic) bond motifs is 3. The van der Waals surface area contributed by atoms with Crippen molar-refractivity contribution < 1.29 is 0 Å². The molecule has 0 unspecified atom stereocenters. The second-order valence-corrected chi connectivity index (χ2v) is 17.3. The number of rotatable bonds is 17. The normalized spacial score (nSPS) is 13.6. The van der Waals surface area contributed by atoms with Gasteiger partial charge in [-0.15, -0.1) is 22.7 Å². The lowest BCUT2D eigenvalue weighted by atomic mass is 9.69. The topological polar surface area (TPSA) is 0 Å². The van der Waals surface area contributed by atoms with E-state index in [-0.39, 0.29) is 5.41 Å². The fourth-order valence-electron chi connectivity index (χ4n) is 8.21. The zero-order chi connectivity index (χ0) is 35.8. The Morgan fingerprint density at radius 2 is 1.14 bits per heavy atom. The van der Waals surface area contributed by atoms with Gasteiger partial charge in [0, 0.05) is 15.2 Å². The van der Waals surface area contributed by atoms with Gasteiger partial charge in [0.15, 0.2) is 0 Å². The van der Waals surface area contributed by atoms with Crippen molar-refractivity contribution in [2.45, 2.75) is 123 Å². The van der Waals surface area contributed by atoms with Crippen LogP contribution < -0.4 is 0 Å². The number of unbranched alkanes of at least 4 members (excludes halogenated alkanes) is 6. The molecule has 51 heavy (non-hydrogen) atoms. The first-order chi connectivity index (χ1) is 24.8. The summed E-state index contributed by atoms with van der Waals surface area (Å²) in [7, 11) is 0. The van der Waals surface area contributed by atoms with Gasteiger partial charge in [0.25, 0.3) is 0 Å².